The second-order valence-corrected chi connectivity index (χ2v) is 7.17. The summed E-state index contributed by atoms with van der Waals surface area (Å²) < 4.78 is 27.3. The Kier molecular flexibility index (Phi) is 6.45. The lowest BCUT2D eigenvalue weighted by molar-refractivity contribution is 0.488. The Morgan fingerprint density at radius 1 is 1.15 bits per heavy atom. The highest BCUT2D eigenvalue weighted by Gasteiger charge is 2.20. The summed E-state index contributed by atoms with van der Waals surface area (Å²) in [6, 6.07) is 6.50. The molecule has 4 N–H and O–H groups in total. The zero-order valence-corrected chi connectivity index (χ0v) is 13.2. The van der Waals surface area contributed by atoms with Gasteiger partial charge in [-0.25, -0.2) is 13.1 Å². The van der Waals surface area contributed by atoms with Crippen molar-refractivity contribution in [3.63, 3.8) is 0 Å². The maximum Gasteiger partial charge on any atom is 0.242 e. The third kappa shape index (κ3) is 5.11. The molecule has 0 heterocycles. The van der Waals surface area contributed by atoms with Gasteiger partial charge in [0.15, 0.2) is 0 Å². The molecule has 0 aliphatic carbocycles. The second kappa shape index (κ2) is 7.61. The SMILES string of the molecule is CC(C)CCCC(C)NS(=O)(=O)c1ccccc1NN. The number of benzene rings is 1. The van der Waals surface area contributed by atoms with Crippen LogP contribution in [0, 0.1) is 5.92 Å². The van der Waals surface area contributed by atoms with E-state index in [0.717, 1.165) is 19.3 Å². The lowest BCUT2D eigenvalue weighted by Crippen LogP contribution is -2.33. The number of anilines is 1. The van der Waals surface area contributed by atoms with E-state index in [0.29, 0.717) is 11.6 Å². The molecule has 5 nitrogen and oxygen atoms in total. The first-order valence-electron chi connectivity index (χ1n) is 6.94. The van der Waals surface area contributed by atoms with Crippen molar-refractivity contribution in [3.8, 4) is 0 Å². The molecule has 0 aliphatic rings. The highest BCUT2D eigenvalue weighted by molar-refractivity contribution is 7.89. The molecule has 20 heavy (non-hydrogen) atoms. The second-order valence-electron chi connectivity index (χ2n) is 5.49. The van der Waals surface area contributed by atoms with Crippen LogP contribution in [0.5, 0.6) is 0 Å². The first-order chi connectivity index (χ1) is 9.36. The van der Waals surface area contributed by atoms with Gasteiger partial charge in [0.2, 0.25) is 10.0 Å². The lowest BCUT2D eigenvalue weighted by Gasteiger charge is -2.16. The third-order valence-corrected chi connectivity index (χ3v) is 4.75. The van der Waals surface area contributed by atoms with Gasteiger partial charge >= 0.3 is 0 Å². The minimum absolute atomic E-state index is 0.0930. The van der Waals surface area contributed by atoms with Crippen LogP contribution in [-0.4, -0.2) is 14.5 Å². The zero-order chi connectivity index (χ0) is 15.2. The van der Waals surface area contributed by atoms with Crippen LogP contribution in [0.25, 0.3) is 0 Å². The van der Waals surface area contributed by atoms with E-state index in [1.807, 2.05) is 6.92 Å². The highest BCUT2D eigenvalue weighted by Crippen LogP contribution is 2.20. The van der Waals surface area contributed by atoms with E-state index in [1.54, 1.807) is 24.3 Å². The Morgan fingerprint density at radius 3 is 2.40 bits per heavy atom. The molecule has 1 atom stereocenters. The van der Waals surface area contributed by atoms with E-state index in [9.17, 15) is 8.42 Å². The van der Waals surface area contributed by atoms with Crippen molar-refractivity contribution in [1.82, 2.24) is 4.72 Å². The van der Waals surface area contributed by atoms with Crippen molar-refractivity contribution in [2.24, 2.45) is 11.8 Å². The van der Waals surface area contributed by atoms with E-state index in [2.05, 4.69) is 24.0 Å². The quantitative estimate of drug-likeness (QED) is 0.508. The fourth-order valence-corrected chi connectivity index (χ4v) is 3.49. The zero-order valence-electron chi connectivity index (χ0n) is 12.4. The topological polar surface area (TPSA) is 84.2 Å². The van der Waals surface area contributed by atoms with Crippen LogP contribution in [0.15, 0.2) is 29.2 Å². The normalized spacial score (nSPS) is 13.4. The average molecular weight is 299 g/mol. The molecule has 1 rings (SSSR count). The Morgan fingerprint density at radius 2 is 1.80 bits per heavy atom. The fraction of sp³-hybridized carbons (Fsp3) is 0.571. The molecular formula is C14H25N3O2S. The smallest absolute Gasteiger partial charge is 0.242 e. The molecule has 0 saturated carbocycles. The molecular weight excluding hydrogens is 274 g/mol. The molecule has 114 valence electrons. The monoisotopic (exact) mass is 299 g/mol. The Labute approximate surface area is 122 Å². The van der Waals surface area contributed by atoms with Gasteiger partial charge in [-0.05, 0) is 31.4 Å². The van der Waals surface area contributed by atoms with E-state index in [4.69, 9.17) is 5.84 Å². The van der Waals surface area contributed by atoms with Gasteiger partial charge in [0.25, 0.3) is 0 Å². The van der Waals surface area contributed by atoms with Crippen LogP contribution >= 0.6 is 0 Å². The number of nitrogens with one attached hydrogen (secondary N) is 2. The number of hydrogen-bond donors (Lipinski definition) is 3. The van der Waals surface area contributed by atoms with Gasteiger partial charge in [0.05, 0.1) is 5.69 Å². The highest BCUT2D eigenvalue weighted by atomic mass is 32.2. The number of para-hydroxylation sites is 1. The van der Waals surface area contributed by atoms with Crippen LogP contribution in [0.2, 0.25) is 0 Å². The Bertz CT molecular complexity index is 515. The van der Waals surface area contributed by atoms with Gasteiger partial charge < -0.3 is 5.43 Å². The number of sulfonamides is 1. The van der Waals surface area contributed by atoms with E-state index in [-0.39, 0.29) is 10.9 Å². The van der Waals surface area contributed by atoms with E-state index < -0.39 is 10.0 Å². The summed E-state index contributed by atoms with van der Waals surface area (Å²) in [5.41, 5.74) is 2.81. The van der Waals surface area contributed by atoms with E-state index >= 15 is 0 Å². The number of rotatable bonds is 8. The van der Waals surface area contributed by atoms with E-state index in [1.165, 1.54) is 0 Å². The molecule has 0 saturated heterocycles. The summed E-state index contributed by atoms with van der Waals surface area (Å²) in [4.78, 5) is 0.179. The van der Waals surface area contributed by atoms with Gasteiger partial charge in [0, 0.05) is 6.04 Å². The minimum atomic E-state index is -3.55. The number of nitrogens with two attached hydrogens (primary N) is 1. The number of hydrazine groups is 1. The largest absolute Gasteiger partial charge is 0.323 e. The predicted molar refractivity (Wildman–Crippen MR) is 82.7 cm³/mol. The minimum Gasteiger partial charge on any atom is -0.323 e. The number of hydrogen-bond acceptors (Lipinski definition) is 4. The van der Waals surface area contributed by atoms with Crippen molar-refractivity contribution in [3.05, 3.63) is 24.3 Å². The van der Waals surface area contributed by atoms with Gasteiger partial charge in [-0.1, -0.05) is 38.8 Å². The van der Waals surface area contributed by atoms with Crippen LogP contribution in [0.1, 0.15) is 40.0 Å². The Hall–Kier alpha value is -1.11. The van der Waals surface area contributed by atoms with Gasteiger partial charge in [-0.2, -0.15) is 0 Å². The molecule has 0 fully saturated rings. The molecule has 0 amide bonds. The van der Waals surface area contributed by atoms with Crippen LogP contribution < -0.4 is 16.0 Å². The molecule has 0 radical (unpaired) electrons. The molecule has 0 aliphatic heterocycles. The van der Waals surface area contributed by atoms with Crippen LogP contribution in [0.4, 0.5) is 5.69 Å². The third-order valence-electron chi connectivity index (χ3n) is 3.11. The van der Waals surface area contributed by atoms with Crippen LogP contribution in [-0.2, 0) is 10.0 Å². The van der Waals surface area contributed by atoms with Crippen molar-refractivity contribution >= 4 is 15.7 Å². The summed E-state index contributed by atoms with van der Waals surface area (Å²) in [6.45, 7) is 6.21. The summed E-state index contributed by atoms with van der Waals surface area (Å²) in [6.07, 6.45) is 2.95. The van der Waals surface area contributed by atoms with Crippen molar-refractivity contribution < 1.29 is 8.42 Å². The fourth-order valence-electron chi connectivity index (χ4n) is 2.04. The van der Waals surface area contributed by atoms with Crippen LogP contribution in [0.3, 0.4) is 0 Å². The Balaban J connectivity index is 2.69. The first-order valence-corrected chi connectivity index (χ1v) is 8.43. The maximum atomic E-state index is 12.3. The van der Waals surface area contributed by atoms with Gasteiger partial charge in [0.1, 0.15) is 4.90 Å². The molecule has 0 aromatic heterocycles. The molecule has 1 aromatic carbocycles. The van der Waals surface area contributed by atoms with Crippen molar-refractivity contribution in [1.29, 1.82) is 0 Å². The van der Waals surface area contributed by atoms with Crippen molar-refractivity contribution in [2.45, 2.75) is 51.0 Å². The number of nitrogen functional groups attached to an aromatic ring is 1. The molecule has 1 unspecified atom stereocenters. The first kappa shape index (κ1) is 16.9. The summed E-state index contributed by atoms with van der Waals surface area (Å²) in [5, 5.41) is 0. The summed E-state index contributed by atoms with van der Waals surface area (Å²) >= 11 is 0. The molecule has 1 aromatic rings. The maximum absolute atomic E-state index is 12.3. The molecule has 6 heteroatoms. The van der Waals surface area contributed by atoms with Gasteiger partial charge in [-0.3, -0.25) is 5.84 Å². The lowest BCUT2D eigenvalue weighted by atomic mass is 10.0. The summed E-state index contributed by atoms with van der Waals surface area (Å²) in [5.74, 6) is 5.99. The summed E-state index contributed by atoms with van der Waals surface area (Å²) in [7, 11) is -3.55. The predicted octanol–water partition coefficient (Wildman–Crippen LogP) is 2.47. The van der Waals surface area contributed by atoms with Crippen molar-refractivity contribution in [2.75, 3.05) is 5.43 Å². The molecule has 0 spiro atoms. The van der Waals surface area contributed by atoms with Gasteiger partial charge in [-0.15, -0.1) is 0 Å². The standard InChI is InChI=1S/C14H25N3O2S/c1-11(2)7-6-8-12(3)17-20(18,19)14-10-5-4-9-13(14)16-15/h4-5,9-12,16-17H,6-8,15H2,1-3H3. The molecule has 0 bridgehead atoms. The average Bonchev–Trinajstić information content (AvgIpc) is 2.37.